The van der Waals surface area contributed by atoms with Crippen molar-refractivity contribution < 1.29 is 14.3 Å². The second kappa shape index (κ2) is 4.89. The molecule has 1 aromatic heterocycles. The van der Waals surface area contributed by atoms with Gasteiger partial charge in [-0.1, -0.05) is 15.9 Å². The van der Waals surface area contributed by atoms with Gasteiger partial charge >= 0.3 is 5.97 Å². The molecule has 2 rings (SSSR count). The summed E-state index contributed by atoms with van der Waals surface area (Å²) in [5, 5.41) is 11.6. The van der Waals surface area contributed by atoms with Gasteiger partial charge in [-0.05, 0) is 34.1 Å². The van der Waals surface area contributed by atoms with Crippen molar-refractivity contribution in [2.45, 2.75) is 0 Å². The Morgan fingerprint density at radius 1 is 1.41 bits per heavy atom. The van der Waals surface area contributed by atoms with Crippen LogP contribution in [0.1, 0.15) is 10.5 Å². The number of oxazole rings is 1. The predicted molar refractivity (Wildman–Crippen MR) is 68.6 cm³/mol. The molecule has 0 fully saturated rings. The lowest BCUT2D eigenvalue weighted by atomic mass is 10.3. The summed E-state index contributed by atoms with van der Waals surface area (Å²) in [6.07, 6.45) is 1.08. The van der Waals surface area contributed by atoms with Crippen LogP contribution in [-0.4, -0.2) is 16.1 Å². The van der Waals surface area contributed by atoms with Crippen LogP contribution in [0.4, 0.5) is 11.7 Å². The zero-order valence-electron chi connectivity index (χ0n) is 8.28. The van der Waals surface area contributed by atoms with Crippen LogP contribution in [0, 0.1) is 0 Å². The van der Waals surface area contributed by atoms with E-state index in [0.29, 0.717) is 0 Å². The first-order valence-electron chi connectivity index (χ1n) is 4.47. The largest absolute Gasteiger partial charge is 0.476 e. The zero-order valence-corrected chi connectivity index (χ0v) is 11.4. The molecular formula is C10H6Br2N2O3. The van der Waals surface area contributed by atoms with Crippen LogP contribution in [0.25, 0.3) is 0 Å². The molecule has 0 radical (unpaired) electrons. The van der Waals surface area contributed by atoms with Crippen molar-refractivity contribution in [3.8, 4) is 0 Å². The van der Waals surface area contributed by atoms with Crippen LogP contribution in [-0.2, 0) is 0 Å². The molecule has 0 saturated heterocycles. The SMILES string of the molecule is O=C(O)c1coc(Nc2ccc(Br)cc2Br)n1. The number of rotatable bonds is 3. The smallest absolute Gasteiger partial charge is 0.357 e. The third kappa shape index (κ3) is 2.86. The highest BCUT2D eigenvalue weighted by atomic mass is 79.9. The highest BCUT2D eigenvalue weighted by molar-refractivity contribution is 9.11. The molecule has 2 aromatic rings. The summed E-state index contributed by atoms with van der Waals surface area (Å²) >= 11 is 6.69. The van der Waals surface area contributed by atoms with Gasteiger partial charge in [0, 0.05) is 8.95 Å². The van der Waals surface area contributed by atoms with Gasteiger partial charge in [0.05, 0.1) is 5.69 Å². The lowest BCUT2D eigenvalue weighted by Gasteiger charge is -2.04. The number of benzene rings is 1. The van der Waals surface area contributed by atoms with E-state index in [1.807, 2.05) is 12.1 Å². The molecule has 0 aliphatic rings. The number of carboxylic acids is 1. The molecule has 7 heteroatoms. The maximum Gasteiger partial charge on any atom is 0.357 e. The van der Waals surface area contributed by atoms with Crippen molar-refractivity contribution in [3.63, 3.8) is 0 Å². The Kier molecular flexibility index (Phi) is 3.49. The summed E-state index contributed by atoms with van der Waals surface area (Å²) in [6, 6.07) is 5.63. The normalized spacial score (nSPS) is 10.2. The fraction of sp³-hybridized carbons (Fsp3) is 0. The predicted octanol–water partition coefficient (Wildman–Crippen LogP) is 3.64. The Morgan fingerprint density at radius 2 is 2.18 bits per heavy atom. The molecule has 0 bridgehead atoms. The number of carbonyl (C=O) groups is 1. The number of carboxylic acid groups (broad SMARTS) is 1. The number of nitrogens with zero attached hydrogens (tertiary/aromatic N) is 1. The first-order valence-corrected chi connectivity index (χ1v) is 6.06. The van der Waals surface area contributed by atoms with E-state index in [1.165, 1.54) is 0 Å². The summed E-state index contributed by atoms with van der Waals surface area (Å²) < 4.78 is 6.71. The van der Waals surface area contributed by atoms with E-state index in [2.05, 4.69) is 42.2 Å². The third-order valence-electron chi connectivity index (χ3n) is 1.90. The Labute approximate surface area is 113 Å². The van der Waals surface area contributed by atoms with Gasteiger partial charge < -0.3 is 14.8 Å². The first kappa shape index (κ1) is 12.1. The lowest BCUT2D eigenvalue weighted by Crippen LogP contribution is -1.97. The first-order chi connectivity index (χ1) is 8.06. The van der Waals surface area contributed by atoms with Crippen LogP contribution >= 0.6 is 31.9 Å². The molecule has 0 amide bonds. The fourth-order valence-corrected chi connectivity index (χ4v) is 2.28. The van der Waals surface area contributed by atoms with E-state index in [9.17, 15) is 4.79 Å². The molecule has 1 heterocycles. The van der Waals surface area contributed by atoms with Gasteiger partial charge in [-0.15, -0.1) is 0 Å². The maximum absolute atomic E-state index is 10.6. The monoisotopic (exact) mass is 360 g/mol. The minimum absolute atomic E-state index is 0.130. The Morgan fingerprint density at radius 3 is 2.76 bits per heavy atom. The molecule has 2 N–H and O–H groups in total. The number of anilines is 2. The van der Waals surface area contributed by atoms with E-state index < -0.39 is 5.97 Å². The second-order valence-electron chi connectivity index (χ2n) is 3.09. The van der Waals surface area contributed by atoms with Gasteiger partial charge in [-0.2, -0.15) is 4.98 Å². The summed E-state index contributed by atoms with van der Waals surface area (Å²) in [6.45, 7) is 0. The van der Waals surface area contributed by atoms with E-state index >= 15 is 0 Å². The molecule has 0 saturated carbocycles. The number of aromatic carboxylic acids is 1. The quantitative estimate of drug-likeness (QED) is 0.872. The van der Waals surface area contributed by atoms with Gasteiger partial charge in [0.15, 0.2) is 5.69 Å². The van der Waals surface area contributed by atoms with Crippen molar-refractivity contribution in [2.24, 2.45) is 0 Å². The molecule has 0 aliphatic carbocycles. The van der Waals surface area contributed by atoms with Crippen molar-refractivity contribution in [2.75, 3.05) is 5.32 Å². The Bertz CT molecular complexity index is 568. The summed E-state index contributed by atoms with van der Waals surface area (Å²) in [4.78, 5) is 14.4. The molecule has 88 valence electrons. The standard InChI is InChI=1S/C10H6Br2N2O3/c11-5-1-2-7(6(12)3-5)13-10-14-8(4-17-10)9(15)16/h1-4H,(H,13,14)(H,15,16). The Balaban J connectivity index is 2.22. The molecule has 5 nitrogen and oxygen atoms in total. The lowest BCUT2D eigenvalue weighted by molar-refractivity contribution is 0.0690. The minimum Gasteiger partial charge on any atom is -0.476 e. The van der Waals surface area contributed by atoms with Crippen molar-refractivity contribution >= 4 is 49.5 Å². The minimum atomic E-state index is -1.13. The van der Waals surface area contributed by atoms with E-state index in [0.717, 1.165) is 20.9 Å². The molecule has 1 aromatic carbocycles. The van der Waals surface area contributed by atoms with Crippen LogP contribution < -0.4 is 5.32 Å². The molecule has 17 heavy (non-hydrogen) atoms. The number of halogens is 2. The highest BCUT2D eigenvalue weighted by Gasteiger charge is 2.11. The van der Waals surface area contributed by atoms with Gasteiger partial charge in [0.2, 0.25) is 0 Å². The topological polar surface area (TPSA) is 75.4 Å². The highest BCUT2D eigenvalue weighted by Crippen LogP contribution is 2.28. The van der Waals surface area contributed by atoms with Crippen LogP contribution in [0.2, 0.25) is 0 Å². The van der Waals surface area contributed by atoms with Crippen LogP contribution in [0.5, 0.6) is 0 Å². The van der Waals surface area contributed by atoms with Gasteiger partial charge in [0.25, 0.3) is 6.01 Å². The summed E-state index contributed by atoms with van der Waals surface area (Å²) in [5.74, 6) is -1.13. The van der Waals surface area contributed by atoms with Crippen molar-refractivity contribution in [3.05, 3.63) is 39.1 Å². The molecule has 0 unspecified atom stereocenters. The average Bonchev–Trinajstić information content (AvgIpc) is 2.71. The van der Waals surface area contributed by atoms with Gasteiger partial charge in [-0.3, -0.25) is 0 Å². The van der Waals surface area contributed by atoms with Crippen molar-refractivity contribution in [1.82, 2.24) is 4.98 Å². The molecular weight excluding hydrogens is 356 g/mol. The number of hydrogen-bond acceptors (Lipinski definition) is 4. The van der Waals surface area contributed by atoms with Gasteiger partial charge in [-0.25, -0.2) is 4.79 Å². The fourth-order valence-electron chi connectivity index (χ4n) is 1.14. The Hall–Kier alpha value is -1.34. The zero-order chi connectivity index (χ0) is 12.4. The molecule has 0 atom stereocenters. The number of hydrogen-bond donors (Lipinski definition) is 2. The second-order valence-corrected chi connectivity index (χ2v) is 4.86. The maximum atomic E-state index is 10.6. The van der Waals surface area contributed by atoms with E-state index in [-0.39, 0.29) is 11.7 Å². The van der Waals surface area contributed by atoms with Crippen molar-refractivity contribution in [1.29, 1.82) is 0 Å². The van der Waals surface area contributed by atoms with Gasteiger partial charge in [0.1, 0.15) is 6.26 Å². The number of aromatic nitrogens is 1. The summed E-state index contributed by atoms with van der Waals surface area (Å²) in [5.41, 5.74) is 0.590. The number of nitrogens with one attached hydrogen (secondary N) is 1. The molecule has 0 spiro atoms. The third-order valence-corrected chi connectivity index (χ3v) is 3.05. The van der Waals surface area contributed by atoms with E-state index in [1.54, 1.807) is 6.07 Å². The average molecular weight is 362 g/mol. The van der Waals surface area contributed by atoms with Crippen LogP contribution in [0.15, 0.2) is 37.8 Å². The van der Waals surface area contributed by atoms with Crippen LogP contribution in [0.3, 0.4) is 0 Å². The van der Waals surface area contributed by atoms with E-state index in [4.69, 9.17) is 9.52 Å². The summed E-state index contributed by atoms with van der Waals surface area (Å²) in [7, 11) is 0. The molecule has 0 aliphatic heterocycles.